The second-order valence-corrected chi connectivity index (χ2v) is 6.53. The summed E-state index contributed by atoms with van der Waals surface area (Å²) in [6.45, 7) is 3.20. The van der Waals surface area contributed by atoms with E-state index in [1.807, 2.05) is 18.2 Å². The van der Waals surface area contributed by atoms with Crippen LogP contribution in [0, 0.1) is 0 Å². The van der Waals surface area contributed by atoms with E-state index in [0.29, 0.717) is 30.9 Å². The first-order valence-corrected chi connectivity index (χ1v) is 8.94. The predicted molar refractivity (Wildman–Crippen MR) is 102 cm³/mol. The van der Waals surface area contributed by atoms with E-state index in [0.717, 1.165) is 12.8 Å². The normalized spacial score (nSPS) is 17.0. The lowest BCUT2D eigenvalue weighted by Gasteiger charge is -2.33. The first-order chi connectivity index (χ1) is 12.6. The number of benzene rings is 2. The number of ketones is 1. The summed E-state index contributed by atoms with van der Waals surface area (Å²) in [5.74, 6) is -0.0200. The number of morpholine rings is 1. The van der Waals surface area contributed by atoms with Gasteiger partial charge in [-0.25, -0.2) is 4.79 Å². The van der Waals surface area contributed by atoms with Crippen LogP contribution in [0.2, 0.25) is 0 Å². The van der Waals surface area contributed by atoms with Crippen LogP contribution >= 0.6 is 0 Å². The standard InChI is InChI=1S/C21H24N2O3/c1-16(24)18-8-5-9-19(14-18)22-21(25)23-12-13-26-20(15-23)11-10-17-6-3-2-4-7-17/h2-9,14,20H,10-13,15H2,1H3,(H,22,25)/t20-/m1/s1. The fraction of sp³-hybridized carbons (Fsp3) is 0.333. The van der Waals surface area contributed by atoms with Crippen molar-refractivity contribution in [3.63, 3.8) is 0 Å². The van der Waals surface area contributed by atoms with E-state index in [4.69, 9.17) is 4.74 Å². The SMILES string of the molecule is CC(=O)c1cccc(NC(=O)N2CCO[C@H](CCc3ccccc3)C2)c1. The van der Waals surface area contributed by atoms with Gasteiger partial charge in [-0.05, 0) is 37.5 Å². The van der Waals surface area contributed by atoms with Gasteiger partial charge in [-0.2, -0.15) is 0 Å². The first-order valence-electron chi connectivity index (χ1n) is 8.94. The molecule has 1 aliphatic rings. The second-order valence-electron chi connectivity index (χ2n) is 6.53. The van der Waals surface area contributed by atoms with Crippen molar-refractivity contribution < 1.29 is 14.3 Å². The highest BCUT2D eigenvalue weighted by atomic mass is 16.5. The van der Waals surface area contributed by atoms with Gasteiger partial charge in [0.1, 0.15) is 0 Å². The van der Waals surface area contributed by atoms with Crippen molar-refractivity contribution in [3.05, 3.63) is 65.7 Å². The molecule has 2 aromatic rings. The highest BCUT2D eigenvalue weighted by Crippen LogP contribution is 2.16. The van der Waals surface area contributed by atoms with E-state index < -0.39 is 0 Å². The third kappa shape index (κ3) is 4.92. The number of Topliss-reactive ketones (excluding diaryl/α,β-unsaturated/α-hetero) is 1. The number of aryl methyl sites for hydroxylation is 1. The van der Waals surface area contributed by atoms with Crippen LogP contribution in [0.4, 0.5) is 10.5 Å². The number of amides is 2. The van der Waals surface area contributed by atoms with E-state index in [2.05, 4.69) is 17.4 Å². The van der Waals surface area contributed by atoms with Gasteiger partial charge in [0.2, 0.25) is 0 Å². The summed E-state index contributed by atoms with van der Waals surface area (Å²) in [6, 6.07) is 17.1. The molecule has 0 aliphatic carbocycles. The summed E-state index contributed by atoms with van der Waals surface area (Å²) >= 11 is 0. The van der Waals surface area contributed by atoms with Crippen LogP contribution < -0.4 is 5.32 Å². The van der Waals surface area contributed by atoms with Crippen LogP contribution in [0.5, 0.6) is 0 Å². The predicted octanol–water partition coefficient (Wildman–Crippen LogP) is 3.75. The maximum Gasteiger partial charge on any atom is 0.322 e. The lowest BCUT2D eigenvalue weighted by Crippen LogP contribution is -2.47. The zero-order valence-corrected chi connectivity index (χ0v) is 15.0. The van der Waals surface area contributed by atoms with Gasteiger partial charge in [-0.1, -0.05) is 42.5 Å². The monoisotopic (exact) mass is 352 g/mol. The molecule has 3 rings (SSSR count). The van der Waals surface area contributed by atoms with E-state index >= 15 is 0 Å². The first kappa shape index (κ1) is 18.1. The summed E-state index contributed by atoms with van der Waals surface area (Å²) in [4.78, 5) is 25.8. The lowest BCUT2D eigenvalue weighted by molar-refractivity contribution is -0.0157. The van der Waals surface area contributed by atoms with Gasteiger partial charge < -0.3 is 15.0 Å². The van der Waals surface area contributed by atoms with Crippen molar-refractivity contribution in [1.29, 1.82) is 0 Å². The summed E-state index contributed by atoms with van der Waals surface area (Å²) in [5.41, 5.74) is 2.50. The van der Waals surface area contributed by atoms with E-state index in [9.17, 15) is 9.59 Å². The van der Waals surface area contributed by atoms with Crippen LogP contribution in [-0.2, 0) is 11.2 Å². The Morgan fingerprint density at radius 3 is 2.73 bits per heavy atom. The quantitative estimate of drug-likeness (QED) is 0.834. The molecule has 1 heterocycles. The van der Waals surface area contributed by atoms with Crippen LogP contribution in [0.1, 0.15) is 29.3 Å². The van der Waals surface area contributed by atoms with Gasteiger partial charge in [-0.3, -0.25) is 4.79 Å². The minimum atomic E-state index is -0.154. The molecule has 0 bridgehead atoms. The van der Waals surface area contributed by atoms with Gasteiger partial charge in [-0.15, -0.1) is 0 Å². The number of urea groups is 1. The van der Waals surface area contributed by atoms with E-state index in [-0.39, 0.29) is 17.9 Å². The fourth-order valence-corrected chi connectivity index (χ4v) is 3.07. The molecule has 1 fully saturated rings. The number of carbonyl (C=O) groups is 2. The van der Waals surface area contributed by atoms with Crippen LogP contribution in [0.15, 0.2) is 54.6 Å². The van der Waals surface area contributed by atoms with Crippen molar-refractivity contribution in [2.24, 2.45) is 0 Å². The molecule has 1 atom stereocenters. The van der Waals surface area contributed by atoms with Crippen LogP contribution in [-0.4, -0.2) is 42.5 Å². The molecule has 0 unspecified atom stereocenters. The van der Waals surface area contributed by atoms with E-state index in [1.54, 1.807) is 29.2 Å². The molecule has 2 aromatic carbocycles. The van der Waals surface area contributed by atoms with Crippen molar-refractivity contribution in [2.45, 2.75) is 25.9 Å². The zero-order chi connectivity index (χ0) is 18.4. The Bertz CT molecular complexity index is 761. The number of carbonyl (C=O) groups excluding carboxylic acids is 2. The van der Waals surface area contributed by atoms with Gasteiger partial charge >= 0.3 is 6.03 Å². The minimum Gasteiger partial charge on any atom is -0.375 e. The number of anilines is 1. The van der Waals surface area contributed by atoms with Gasteiger partial charge in [0.05, 0.1) is 12.7 Å². The molecule has 1 saturated heterocycles. The number of hydrogen-bond donors (Lipinski definition) is 1. The van der Waals surface area contributed by atoms with Gasteiger partial charge in [0.15, 0.2) is 5.78 Å². The number of nitrogens with one attached hydrogen (secondary N) is 1. The zero-order valence-electron chi connectivity index (χ0n) is 15.0. The van der Waals surface area contributed by atoms with Crippen molar-refractivity contribution in [1.82, 2.24) is 4.90 Å². The number of hydrogen-bond acceptors (Lipinski definition) is 3. The molecule has 0 spiro atoms. The Morgan fingerprint density at radius 2 is 1.96 bits per heavy atom. The molecule has 0 aromatic heterocycles. The highest BCUT2D eigenvalue weighted by Gasteiger charge is 2.24. The fourth-order valence-electron chi connectivity index (χ4n) is 3.07. The van der Waals surface area contributed by atoms with Crippen LogP contribution in [0.25, 0.3) is 0 Å². The summed E-state index contributed by atoms with van der Waals surface area (Å²) in [7, 11) is 0. The lowest BCUT2D eigenvalue weighted by atomic mass is 10.1. The highest BCUT2D eigenvalue weighted by molar-refractivity contribution is 5.96. The van der Waals surface area contributed by atoms with E-state index in [1.165, 1.54) is 12.5 Å². The minimum absolute atomic E-state index is 0.0200. The Balaban J connectivity index is 1.54. The van der Waals surface area contributed by atoms with Crippen molar-refractivity contribution >= 4 is 17.5 Å². The molecular formula is C21H24N2O3. The maximum atomic E-state index is 12.5. The smallest absolute Gasteiger partial charge is 0.322 e. The summed E-state index contributed by atoms with van der Waals surface area (Å²) < 4.78 is 5.81. The van der Waals surface area contributed by atoms with Crippen LogP contribution in [0.3, 0.4) is 0 Å². The topological polar surface area (TPSA) is 58.6 Å². The molecule has 136 valence electrons. The van der Waals surface area contributed by atoms with Crippen molar-refractivity contribution in [2.75, 3.05) is 25.0 Å². The number of nitrogens with zero attached hydrogens (tertiary/aromatic N) is 1. The number of rotatable bonds is 5. The number of ether oxygens (including phenoxy) is 1. The second kappa shape index (κ2) is 8.63. The molecule has 0 saturated carbocycles. The third-order valence-corrected chi connectivity index (χ3v) is 4.54. The third-order valence-electron chi connectivity index (χ3n) is 4.54. The van der Waals surface area contributed by atoms with Gasteiger partial charge in [0.25, 0.3) is 0 Å². The Labute approximate surface area is 154 Å². The molecule has 26 heavy (non-hydrogen) atoms. The van der Waals surface area contributed by atoms with Crippen molar-refractivity contribution in [3.8, 4) is 0 Å². The molecular weight excluding hydrogens is 328 g/mol. The van der Waals surface area contributed by atoms with Gasteiger partial charge in [0, 0.05) is 24.3 Å². The Hall–Kier alpha value is -2.66. The Kier molecular flexibility index (Phi) is 6.02. The summed E-state index contributed by atoms with van der Waals surface area (Å²) in [6.07, 6.45) is 1.85. The average molecular weight is 352 g/mol. The maximum absolute atomic E-state index is 12.5. The average Bonchev–Trinajstić information content (AvgIpc) is 2.67. The molecule has 2 amide bonds. The molecule has 0 radical (unpaired) electrons. The molecule has 5 heteroatoms. The summed E-state index contributed by atoms with van der Waals surface area (Å²) in [5, 5.41) is 2.88. The largest absolute Gasteiger partial charge is 0.375 e. The molecule has 5 nitrogen and oxygen atoms in total. The molecule has 1 N–H and O–H groups in total. The Morgan fingerprint density at radius 1 is 1.15 bits per heavy atom. The molecule has 1 aliphatic heterocycles.